The van der Waals surface area contributed by atoms with Crippen LogP contribution >= 0.6 is 0 Å². The highest BCUT2D eigenvalue weighted by Gasteiger charge is 2.33. The van der Waals surface area contributed by atoms with Gasteiger partial charge in [-0.05, 0) is 61.1 Å². The minimum atomic E-state index is 0.432. The van der Waals surface area contributed by atoms with E-state index in [2.05, 4.69) is 26.0 Å². The molecule has 2 aliphatic rings. The first-order valence-electron chi connectivity index (χ1n) is 8.35. The number of Topliss-reactive ketones (excluding diaryl/α,β-unsaturated/α-hetero) is 1. The normalized spacial score (nSPS) is 25.8. The Labute approximate surface area is 122 Å². The average Bonchev–Trinajstić information content (AvgIpc) is 2.59. The number of carbonyl (C=O) groups is 1. The lowest BCUT2D eigenvalue weighted by Gasteiger charge is -2.29. The van der Waals surface area contributed by atoms with Crippen molar-refractivity contribution in [3.63, 3.8) is 0 Å². The molecule has 0 spiro atoms. The average molecular weight is 270 g/mol. The highest BCUT2D eigenvalue weighted by molar-refractivity contribution is 5.99. The predicted molar refractivity (Wildman–Crippen MR) is 83.3 cm³/mol. The van der Waals surface area contributed by atoms with Gasteiger partial charge in [-0.1, -0.05) is 38.3 Å². The number of hydrogen-bond acceptors (Lipinski definition) is 1. The molecule has 1 heteroatoms. The molecule has 0 aromatic heterocycles. The van der Waals surface area contributed by atoms with Crippen molar-refractivity contribution >= 4 is 5.78 Å². The van der Waals surface area contributed by atoms with Crippen LogP contribution in [0.25, 0.3) is 0 Å². The fourth-order valence-corrected chi connectivity index (χ4v) is 4.31. The van der Waals surface area contributed by atoms with Crippen molar-refractivity contribution in [2.45, 2.75) is 65.2 Å². The Morgan fingerprint density at radius 1 is 1.10 bits per heavy atom. The maximum Gasteiger partial charge on any atom is 0.163 e. The smallest absolute Gasteiger partial charge is 0.163 e. The third kappa shape index (κ3) is 2.43. The van der Waals surface area contributed by atoms with Crippen LogP contribution in [-0.4, -0.2) is 5.78 Å². The molecule has 0 radical (unpaired) electrons. The standard InChI is InChI=1S/C19H26O/c1-3-6-14-10-9-13(2)17-11-15-7-4-5-8-16(15)12-18(20)19(14)17/h9-10,15-16H,3-8,11-12H2,1-2H3/t15-,16-/m0/s1. The summed E-state index contributed by atoms with van der Waals surface area (Å²) in [5.41, 5.74) is 5.13. The van der Waals surface area contributed by atoms with Crippen molar-refractivity contribution in [2.75, 3.05) is 0 Å². The van der Waals surface area contributed by atoms with E-state index in [0.29, 0.717) is 11.7 Å². The Morgan fingerprint density at radius 2 is 1.80 bits per heavy atom. The van der Waals surface area contributed by atoms with Crippen molar-refractivity contribution in [1.29, 1.82) is 0 Å². The van der Waals surface area contributed by atoms with Gasteiger partial charge in [-0.15, -0.1) is 0 Å². The number of benzene rings is 1. The number of carbonyl (C=O) groups excluding carboxylic acids is 1. The zero-order valence-electron chi connectivity index (χ0n) is 12.9. The van der Waals surface area contributed by atoms with E-state index in [0.717, 1.165) is 37.2 Å². The molecule has 20 heavy (non-hydrogen) atoms. The van der Waals surface area contributed by atoms with Crippen LogP contribution in [0.3, 0.4) is 0 Å². The lowest BCUT2D eigenvalue weighted by Crippen LogP contribution is -2.21. The zero-order valence-corrected chi connectivity index (χ0v) is 12.9. The van der Waals surface area contributed by atoms with Gasteiger partial charge in [0.1, 0.15) is 0 Å². The van der Waals surface area contributed by atoms with Crippen molar-refractivity contribution in [3.8, 4) is 0 Å². The summed E-state index contributed by atoms with van der Waals surface area (Å²) >= 11 is 0. The quantitative estimate of drug-likeness (QED) is 0.748. The summed E-state index contributed by atoms with van der Waals surface area (Å²) in [5.74, 6) is 1.84. The summed E-state index contributed by atoms with van der Waals surface area (Å²) < 4.78 is 0. The van der Waals surface area contributed by atoms with Gasteiger partial charge in [0.25, 0.3) is 0 Å². The maximum atomic E-state index is 12.8. The van der Waals surface area contributed by atoms with Crippen LogP contribution in [0, 0.1) is 18.8 Å². The number of rotatable bonds is 2. The van der Waals surface area contributed by atoms with E-state index in [4.69, 9.17) is 0 Å². The Balaban J connectivity index is 2.05. The Hall–Kier alpha value is -1.11. The van der Waals surface area contributed by atoms with Gasteiger partial charge in [-0.3, -0.25) is 4.79 Å². The van der Waals surface area contributed by atoms with Gasteiger partial charge in [0, 0.05) is 12.0 Å². The molecule has 0 unspecified atom stereocenters. The minimum Gasteiger partial charge on any atom is -0.294 e. The number of ketones is 1. The third-order valence-corrected chi connectivity index (χ3v) is 5.41. The topological polar surface area (TPSA) is 17.1 Å². The summed E-state index contributed by atoms with van der Waals surface area (Å²) in [5, 5.41) is 0. The number of aryl methyl sites for hydroxylation is 2. The van der Waals surface area contributed by atoms with E-state index in [-0.39, 0.29) is 0 Å². The molecule has 3 rings (SSSR count). The molecule has 0 N–H and O–H groups in total. The van der Waals surface area contributed by atoms with Crippen molar-refractivity contribution in [3.05, 3.63) is 34.4 Å². The summed E-state index contributed by atoms with van der Waals surface area (Å²) in [6.45, 7) is 4.39. The molecule has 0 heterocycles. The van der Waals surface area contributed by atoms with Gasteiger partial charge in [0.2, 0.25) is 0 Å². The van der Waals surface area contributed by atoms with Gasteiger partial charge in [-0.25, -0.2) is 0 Å². The SMILES string of the molecule is CCCc1ccc(C)c2c1C(=O)C[C@@H]1CCCC[C@H]1C2. The van der Waals surface area contributed by atoms with Gasteiger partial charge < -0.3 is 0 Å². The molecule has 108 valence electrons. The van der Waals surface area contributed by atoms with Crippen molar-refractivity contribution in [2.24, 2.45) is 11.8 Å². The molecule has 0 saturated heterocycles. The summed E-state index contributed by atoms with van der Waals surface area (Å²) in [6.07, 6.45) is 9.40. The highest BCUT2D eigenvalue weighted by Crippen LogP contribution is 2.40. The van der Waals surface area contributed by atoms with E-state index >= 15 is 0 Å². The van der Waals surface area contributed by atoms with E-state index in [1.54, 1.807) is 0 Å². The Kier molecular flexibility index (Phi) is 3.96. The van der Waals surface area contributed by atoms with Crippen molar-refractivity contribution in [1.82, 2.24) is 0 Å². The fourth-order valence-electron chi connectivity index (χ4n) is 4.31. The van der Waals surface area contributed by atoms with E-state index in [1.807, 2.05) is 0 Å². The van der Waals surface area contributed by atoms with Crippen LogP contribution in [-0.2, 0) is 12.8 Å². The molecule has 0 bridgehead atoms. The van der Waals surface area contributed by atoms with Crippen LogP contribution in [0.1, 0.15) is 72.5 Å². The van der Waals surface area contributed by atoms with Crippen LogP contribution < -0.4 is 0 Å². The van der Waals surface area contributed by atoms with Crippen molar-refractivity contribution < 1.29 is 4.79 Å². The monoisotopic (exact) mass is 270 g/mol. The Bertz CT molecular complexity index is 515. The first-order valence-corrected chi connectivity index (χ1v) is 8.35. The Morgan fingerprint density at radius 3 is 2.50 bits per heavy atom. The molecular formula is C19H26O. The summed E-state index contributed by atoms with van der Waals surface area (Å²) in [7, 11) is 0. The molecular weight excluding hydrogens is 244 g/mol. The third-order valence-electron chi connectivity index (χ3n) is 5.41. The van der Waals surface area contributed by atoms with E-state index in [9.17, 15) is 4.79 Å². The minimum absolute atomic E-state index is 0.432. The molecule has 1 fully saturated rings. The molecule has 0 aliphatic heterocycles. The molecule has 0 amide bonds. The molecule has 1 saturated carbocycles. The van der Waals surface area contributed by atoms with Gasteiger partial charge in [0.05, 0.1) is 0 Å². The number of hydrogen-bond donors (Lipinski definition) is 0. The first kappa shape index (κ1) is 13.9. The molecule has 1 aromatic carbocycles. The molecule has 2 atom stereocenters. The second-order valence-electron chi connectivity index (χ2n) is 6.78. The zero-order chi connectivity index (χ0) is 14.1. The van der Waals surface area contributed by atoms with Gasteiger partial charge in [-0.2, -0.15) is 0 Å². The molecule has 1 nitrogen and oxygen atoms in total. The summed E-state index contributed by atoms with van der Waals surface area (Å²) in [4.78, 5) is 12.8. The van der Waals surface area contributed by atoms with E-state index < -0.39 is 0 Å². The predicted octanol–water partition coefficient (Wildman–Crippen LogP) is 4.88. The van der Waals surface area contributed by atoms with Crippen LogP contribution in [0.5, 0.6) is 0 Å². The number of fused-ring (bicyclic) bond motifs is 2. The second-order valence-corrected chi connectivity index (χ2v) is 6.78. The second kappa shape index (κ2) is 5.71. The fraction of sp³-hybridized carbons (Fsp3) is 0.632. The highest BCUT2D eigenvalue weighted by atomic mass is 16.1. The maximum absolute atomic E-state index is 12.8. The first-order chi connectivity index (χ1) is 9.70. The lowest BCUT2D eigenvalue weighted by molar-refractivity contribution is 0.0933. The van der Waals surface area contributed by atoms with Crippen LogP contribution in [0.4, 0.5) is 0 Å². The molecule has 2 aliphatic carbocycles. The largest absolute Gasteiger partial charge is 0.294 e. The van der Waals surface area contributed by atoms with Gasteiger partial charge in [0.15, 0.2) is 5.78 Å². The molecule has 1 aromatic rings. The van der Waals surface area contributed by atoms with Crippen LogP contribution in [0.15, 0.2) is 12.1 Å². The summed E-state index contributed by atoms with van der Waals surface area (Å²) in [6, 6.07) is 4.44. The van der Waals surface area contributed by atoms with Crippen LogP contribution in [0.2, 0.25) is 0 Å². The van der Waals surface area contributed by atoms with E-state index in [1.165, 1.54) is 42.4 Å². The van der Waals surface area contributed by atoms with Gasteiger partial charge >= 0.3 is 0 Å². The lowest BCUT2D eigenvalue weighted by atomic mass is 9.76.